The van der Waals surface area contributed by atoms with E-state index >= 15 is 0 Å². The van der Waals surface area contributed by atoms with E-state index in [2.05, 4.69) is 36.0 Å². The number of hydrogen-bond donors (Lipinski definition) is 0. The van der Waals surface area contributed by atoms with Gasteiger partial charge in [0.1, 0.15) is 5.82 Å². The number of aromatic nitrogens is 3. The molecule has 1 aliphatic rings. The van der Waals surface area contributed by atoms with Crippen LogP contribution in [0, 0.1) is 11.2 Å². The third-order valence-corrected chi connectivity index (χ3v) is 3.86. The van der Waals surface area contributed by atoms with Gasteiger partial charge in [-0.3, -0.25) is 4.98 Å². The Labute approximate surface area is 134 Å². The Morgan fingerprint density at radius 3 is 2.78 bits per heavy atom. The number of hydrogen-bond acceptors (Lipinski definition) is 5. The third-order valence-electron chi connectivity index (χ3n) is 3.86. The van der Waals surface area contributed by atoms with Crippen LogP contribution in [0.25, 0.3) is 12.2 Å². The van der Waals surface area contributed by atoms with E-state index in [9.17, 15) is 4.39 Å². The van der Waals surface area contributed by atoms with Gasteiger partial charge in [0, 0.05) is 18.9 Å². The number of pyridine rings is 1. The lowest BCUT2D eigenvalue weighted by Gasteiger charge is -2.29. The Balaban J connectivity index is 1.75. The van der Waals surface area contributed by atoms with Gasteiger partial charge in [0.25, 0.3) is 0 Å². The Hall–Kier alpha value is -2.08. The first kappa shape index (κ1) is 15.8. The van der Waals surface area contributed by atoms with Crippen molar-refractivity contribution in [2.24, 2.45) is 5.41 Å². The summed E-state index contributed by atoms with van der Waals surface area (Å²) < 4.78 is 24.7. The number of nitrogens with zero attached hydrogens (tertiary/aromatic N) is 3. The molecule has 5 nitrogen and oxygen atoms in total. The van der Waals surface area contributed by atoms with Crippen LogP contribution in [0.2, 0.25) is 0 Å². The standard InChI is InChI=1S/C17H20FN3O2/c1-17(2,3)15-13(6-7-22-15)16-21-20-14(23-16)5-4-11-8-12(18)10-19-9-11/h4-5,8-10,13,15H,6-7H2,1-3H3/b5-4+/t13-,15+/m1/s1. The van der Waals surface area contributed by atoms with Gasteiger partial charge in [-0.15, -0.1) is 10.2 Å². The zero-order chi connectivity index (χ0) is 16.4. The van der Waals surface area contributed by atoms with Crippen molar-refractivity contribution in [3.63, 3.8) is 0 Å². The van der Waals surface area contributed by atoms with E-state index in [1.807, 2.05) is 0 Å². The molecule has 0 radical (unpaired) electrons. The molecule has 6 heteroatoms. The molecule has 0 aliphatic carbocycles. The van der Waals surface area contributed by atoms with Gasteiger partial charge in [-0.05, 0) is 29.5 Å². The van der Waals surface area contributed by atoms with Gasteiger partial charge in [0.05, 0.1) is 18.2 Å². The van der Waals surface area contributed by atoms with Crippen molar-refractivity contribution in [1.29, 1.82) is 0 Å². The molecule has 23 heavy (non-hydrogen) atoms. The van der Waals surface area contributed by atoms with Crippen molar-refractivity contribution >= 4 is 12.2 Å². The molecule has 122 valence electrons. The van der Waals surface area contributed by atoms with Crippen LogP contribution in [-0.4, -0.2) is 27.9 Å². The summed E-state index contributed by atoms with van der Waals surface area (Å²) in [5, 5.41) is 8.20. The molecule has 1 saturated heterocycles. The molecular formula is C17H20FN3O2. The van der Waals surface area contributed by atoms with E-state index < -0.39 is 0 Å². The molecule has 2 aromatic heterocycles. The highest BCUT2D eigenvalue weighted by atomic mass is 19.1. The molecule has 0 amide bonds. The monoisotopic (exact) mass is 317 g/mol. The molecule has 3 rings (SSSR count). The summed E-state index contributed by atoms with van der Waals surface area (Å²) in [5.41, 5.74) is 0.653. The van der Waals surface area contributed by atoms with Crippen LogP contribution in [0.15, 0.2) is 22.9 Å². The first-order chi connectivity index (χ1) is 10.9. The topological polar surface area (TPSA) is 61.0 Å². The fourth-order valence-corrected chi connectivity index (χ4v) is 2.85. The summed E-state index contributed by atoms with van der Waals surface area (Å²) >= 11 is 0. The molecular weight excluding hydrogens is 297 g/mol. The maximum absolute atomic E-state index is 13.1. The first-order valence-corrected chi connectivity index (χ1v) is 7.67. The van der Waals surface area contributed by atoms with Crippen LogP contribution in [-0.2, 0) is 4.74 Å². The summed E-state index contributed by atoms with van der Waals surface area (Å²) in [5.74, 6) is 0.721. The van der Waals surface area contributed by atoms with Gasteiger partial charge < -0.3 is 9.15 Å². The Kier molecular flexibility index (Phi) is 4.26. The van der Waals surface area contributed by atoms with Crippen LogP contribution in [0.5, 0.6) is 0 Å². The third kappa shape index (κ3) is 3.64. The van der Waals surface area contributed by atoms with Crippen molar-refractivity contribution in [1.82, 2.24) is 15.2 Å². The second kappa shape index (κ2) is 6.20. The van der Waals surface area contributed by atoms with Crippen molar-refractivity contribution < 1.29 is 13.5 Å². The van der Waals surface area contributed by atoms with E-state index in [0.29, 0.717) is 24.0 Å². The number of rotatable bonds is 3. The highest BCUT2D eigenvalue weighted by Crippen LogP contribution is 2.40. The molecule has 0 unspecified atom stereocenters. The average molecular weight is 317 g/mol. The van der Waals surface area contributed by atoms with Crippen LogP contribution >= 0.6 is 0 Å². The van der Waals surface area contributed by atoms with E-state index in [1.54, 1.807) is 18.3 Å². The van der Waals surface area contributed by atoms with Gasteiger partial charge in [-0.1, -0.05) is 20.8 Å². The summed E-state index contributed by atoms with van der Waals surface area (Å²) in [4.78, 5) is 3.79. The van der Waals surface area contributed by atoms with Crippen molar-refractivity contribution in [3.8, 4) is 0 Å². The van der Waals surface area contributed by atoms with Gasteiger partial charge in [0.15, 0.2) is 0 Å². The second-order valence-electron chi connectivity index (χ2n) is 6.80. The van der Waals surface area contributed by atoms with Gasteiger partial charge in [-0.25, -0.2) is 4.39 Å². The first-order valence-electron chi connectivity index (χ1n) is 7.67. The molecule has 1 aliphatic heterocycles. The normalized spacial score (nSPS) is 22.1. The maximum Gasteiger partial charge on any atom is 0.240 e. The molecule has 2 aromatic rings. The summed E-state index contributed by atoms with van der Waals surface area (Å²) in [7, 11) is 0. The molecule has 0 aromatic carbocycles. The minimum atomic E-state index is -0.380. The van der Waals surface area contributed by atoms with Gasteiger partial charge in [-0.2, -0.15) is 0 Å². The molecule has 3 heterocycles. The van der Waals surface area contributed by atoms with Crippen molar-refractivity contribution in [2.45, 2.75) is 39.2 Å². The largest absolute Gasteiger partial charge is 0.421 e. The number of halogens is 1. The lowest BCUT2D eigenvalue weighted by Crippen LogP contribution is -2.30. The highest BCUT2D eigenvalue weighted by Gasteiger charge is 2.40. The molecule has 0 bridgehead atoms. The van der Waals surface area contributed by atoms with E-state index in [4.69, 9.17) is 9.15 Å². The fraction of sp³-hybridized carbons (Fsp3) is 0.471. The molecule has 2 atom stereocenters. The molecule has 1 fully saturated rings. The van der Waals surface area contributed by atoms with Crippen LogP contribution < -0.4 is 0 Å². The van der Waals surface area contributed by atoms with Crippen LogP contribution in [0.4, 0.5) is 4.39 Å². The Morgan fingerprint density at radius 2 is 2.04 bits per heavy atom. The minimum Gasteiger partial charge on any atom is -0.421 e. The van der Waals surface area contributed by atoms with Crippen LogP contribution in [0.1, 0.15) is 50.5 Å². The zero-order valence-electron chi connectivity index (χ0n) is 13.5. The number of ether oxygens (including phenoxy) is 1. The SMILES string of the molecule is CC(C)(C)[C@H]1OCC[C@H]1c1nnc(/C=C/c2cncc(F)c2)o1. The van der Waals surface area contributed by atoms with Crippen LogP contribution in [0.3, 0.4) is 0 Å². The fourth-order valence-electron chi connectivity index (χ4n) is 2.85. The van der Waals surface area contributed by atoms with Crippen molar-refractivity contribution in [2.75, 3.05) is 6.61 Å². The Bertz CT molecular complexity index is 706. The highest BCUT2D eigenvalue weighted by molar-refractivity contribution is 5.65. The predicted molar refractivity (Wildman–Crippen MR) is 84.0 cm³/mol. The van der Waals surface area contributed by atoms with E-state index in [1.165, 1.54) is 6.07 Å². The smallest absolute Gasteiger partial charge is 0.240 e. The average Bonchev–Trinajstić information content (AvgIpc) is 3.13. The van der Waals surface area contributed by atoms with Gasteiger partial charge >= 0.3 is 0 Å². The Morgan fingerprint density at radius 1 is 1.22 bits per heavy atom. The molecule has 0 N–H and O–H groups in total. The van der Waals surface area contributed by atoms with Crippen molar-refractivity contribution in [3.05, 3.63) is 41.6 Å². The molecule has 0 saturated carbocycles. The molecule has 0 spiro atoms. The lowest BCUT2D eigenvalue weighted by atomic mass is 9.81. The van der Waals surface area contributed by atoms with E-state index in [0.717, 1.165) is 12.6 Å². The van der Waals surface area contributed by atoms with Gasteiger partial charge in [0.2, 0.25) is 11.8 Å². The van der Waals surface area contributed by atoms with E-state index in [-0.39, 0.29) is 23.3 Å². The second-order valence-corrected chi connectivity index (χ2v) is 6.80. The summed E-state index contributed by atoms with van der Waals surface area (Å²) in [6.07, 6.45) is 7.02. The summed E-state index contributed by atoms with van der Waals surface area (Å²) in [6, 6.07) is 1.39. The quantitative estimate of drug-likeness (QED) is 0.864. The minimum absolute atomic E-state index is 0.0128. The maximum atomic E-state index is 13.1. The lowest BCUT2D eigenvalue weighted by molar-refractivity contribution is 0.0171. The summed E-state index contributed by atoms with van der Waals surface area (Å²) in [6.45, 7) is 7.13. The zero-order valence-corrected chi connectivity index (χ0v) is 13.5. The predicted octanol–water partition coefficient (Wildman–Crippen LogP) is 3.69.